The first-order chi connectivity index (χ1) is 9.66. The first-order valence-corrected chi connectivity index (χ1v) is 9.80. The zero-order valence-electron chi connectivity index (χ0n) is 10.3. The molecule has 21 heavy (non-hydrogen) atoms. The third-order valence-electron chi connectivity index (χ3n) is 2.52. The highest BCUT2D eigenvalue weighted by atomic mass is 36.0. The van der Waals surface area contributed by atoms with Crippen LogP contribution in [0.15, 0.2) is 23.3 Å². The van der Waals surface area contributed by atoms with Crippen molar-refractivity contribution in [1.29, 1.82) is 0 Å². The average Bonchev–Trinajstić information content (AvgIpc) is 2.80. The number of halogens is 4. The lowest BCUT2D eigenvalue weighted by Crippen LogP contribution is -2.17. The van der Waals surface area contributed by atoms with Crippen LogP contribution in [-0.4, -0.2) is 19.6 Å². The van der Waals surface area contributed by atoms with E-state index in [1.54, 1.807) is 13.0 Å². The van der Waals surface area contributed by atoms with Crippen LogP contribution in [0.1, 0.15) is 5.56 Å². The first kappa shape index (κ1) is 16.2. The van der Waals surface area contributed by atoms with Crippen molar-refractivity contribution in [3.05, 3.63) is 40.3 Å². The fraction of sp³-hybridized carbons (Fsp3) is 0.100. The van der Waals surface area contributed by atoms with Gasteiger partial charge in [0, 0.05) is 5.39 Å². The SMILES string of the molecule is Cc1cc2c(cc1F)[nH]c(=O)n1ncnc21.O=P(Cl)(Cl)Cl. The van der Waals surface area contributed by atoms with Crippen molar-refractivity contribution in [2.75, 3.05) is 0 Å². The molecular formula is C10H7Cl3FN4O2P. The zero-order valence-corrected chi connectivity index (χ0v) is 13.5. The Morgan fingerprint density at radius 2 is 1.95 bits per heavy atom. The van der Waals surface area contributed by atoms with Crippen LogP contribution >= 0.6 is 38.9 Å². The molecule has 0 aliphatic carbocycles. The average molecular weight is 372 g/mol. The molecule has 11 heteroatoms. The molecule has 0 atom stereocenters. The molecule has 0 radical (unpaired) electrons. The minimum atomic E-state index is -3.22. The summed E-state index contributed by atoms with van der Waals surface area (Å²) in [6, 6.07) is 2.94. The molecule has 3 rings (SSSR count). The molecule has 0 fully saturated rings. The highest BCUT2D eigenvalue weighted by molar-refractivity contribution is 8.24. The minimum absolute atomic E-state index is 0.355. The monoisotopic (exact) mass is 370 g/mol. The van der Waals surface area contributed by atoms with E-state index in [0.29, 0.717) is 22.1 Å². The second-order valence-corrected chi connectivity index (χ2v) is 10.6. The fourth-order valence-electron chi connectivity index (χ4n) is 1.71. The molecule has 0 aliphatic rings. The Kier molecular flexibility index (Phi) is 4.58. The number of H-pyrrole nitrogens is 1. The lowest BCUT2D eigenvalue weighted by atomic mass is 10.1. The Morgan fingerprint density at radius 3 is 2.57 bits per heavy atom. The summed E-state index contributed by atoms with van der Waals surface area (Å²) in [7, 11) is 0. The Labute approximate surface area is 131 Å². The number of nitrogens with zero attached hydrogens (tertiary/aromatic N) is 3. The van der Waals surface area contributed by atoms with E-state index < -0.39 is 10.9 Å². The van der Waals surface area contributed by atoms with Crippen LogP contribution < -0.4 is 5.69 Å². The van der Waals surface area contributed by atoms with E-state index in [4.69, 9.17) is 0 Å². The van der Waals surface area contributed by atoms with Crippen LogP contribution in [0.3, 0.4) is 0 Å². The Morgan fingerprint density at radius 1 is 1.33 bits per heavy atom. The van der Waals surface area contributed by atoms with Gasteiger partial charge in [0.1, 0.15) is 12.1 Å². The van der Waals surface area contributed by atoms with E-state index in [-0.39, 0.29) is 5.82 Å². The predicted molar refractivity (Wildman–Crippen MR) is 81.0 cm³/mol. The number of hydrogen-bond donors (Lipinski definition) is 1. The van der Waals surface area contributed by atoms with Crippen LogP contribution in [0, 0.1) is 12.7 Å². The second kappa shape index (κ2) is 5.93. The van der Waals surface area contributed by atoms with E-state index in [0.717, 1.165) is 4.52 Å². The molecule has 6 nitrogen and oxygen atoms in total. The fourth-order valence-corrected chi connectivity index (χ4v) is 1.71. The molecule has 2 heterocycles. The van der Waals surface area contributed by atoms with E-state index in [1.165, 1.54) is 12.4 Å². The number of rotatable bonds is 0. The summed E-state index contributed by atoms with van der Waals surface area (Å²) < 4.78 is 24.0. The van der Waals surface area contributed by atoms with Crippen LogP contribution in [0.5, 0.6) is 0 Å². The molecule has 0 aliphatic heterocycles. The number of hydrogen-bond acceptors (Lipinski definition) is 4. The van der Waals surface area contributed by atoms with Gasteiger partial charge in [0.25, 0.3) is 0 Å². The van der Waals surface area contributed by atoms with Gasteiger partial charge in [-0.05, 0) is 58.3 Å². The topological polar surface area (TPSA) is 80.1 Å². The van der Waals surface area contributed by atoms with Crippen molar-refractivity contribution in [1.82, 2.24) is 19.6 Å². The van der Waals surface area contributed by atoms with Gasteiger partial charge in [-0.3, -0.25) is 4.57 Å². The Hall–Kier alpha value is -1.14. The largest absolute Gasteiger partial charge is 0.348 e. The lowest BCUT2D eigenvalue weighted by Gasteiger charge is -2.02. The molecule has 0 saturated heterocycles. The molecule has 1 N–H and O–H groups in total. The van der Waals surface area contributed by atoms with Crippen molar-refractivity contribution < 1.29 is 8.96 Å². The molecule has 112 valence electrons. The number of aromatic amines is 1. The smallest absolute Gasteiger partial charge is 0.305 e. The number of fused-ring (bicyclic) bond motifs is 3. The summed E-state index contributed by atoms with van der Waals surface area (Å²) in [5, 5.41) is 1.24. The molecule has 0 spiro atoms. The van der Waals surface area contributed by atoms with E-state index in [2.05, 4.69) is 48.8 Å². The Balaban J connectivity index is 0.000000282. The van der Waals surface area contributed by atoms with Crippen molar-refractivity contribution in [2.24, 2.45) is 0 Å². The van der Waals surface area contributed by atoms with E-state index >= 15 is 0 Å². The predicted octanol–water partition coefficient (Wildman–Crippen LogP) is 3.83. The summed E-state index contributed by atoms with van der Waals surface area (Å²) in [5.74, 6) is -0.355. The van der Waals surface area contributed by atoms with Gasteiger partial charge >= 0.3 is 10.9 Å². The standard InChI is InChI=1S/C10H7FN4O.Cl3OP/c1-5-2-6-8(3-7(5)11)14-10(16)15-9(6)12-4-13-15;1-5(2,3)4/h2-4H,1H3,(H,14,16);. The number of aromatic nitrogens is 4. The summed E-state index contributed by atoms with van der Waals surface area (Å²) in [5.41, 5.74) is 0.933. The minimum Gasteiger partial charge on any atom is -0.305 e. The van der Waals surface area contributed by atoms with Crippen LogP contribution in [0.4, 0.5) is 4.39 Å². The first-order valence-electron chi connectivity index (χ1n) is 5.37. The maximum absolute atomic E-state index is 13.3. The van der Waals surface area contributed by atoms with Crippen molar-refractivity contribution in [3.8, 4) is 0 Å². The molecule has 0 amide bonds. The Bertz CT molecular complexity index is 911. The maximum atomic E-state index is 13.3. The highest BCUT2D eigenvalue weighted by Crippen LogP contribution is 2.61. The maximum Gasteiger partial charge on any atom is 0.348 e. The molecule has 0 unspecified atom stereocenters. The van der Waals surface area contributed by atoms with E-state index in [1.807, 2.05) is 0 Å². The third-order valence-corrected chi connectivity index (χ3v) is 2.52. The third kappa shape index (κ3) is 3.95. The van der Waals surface area contributed by atoms with Crippen molar-refractivity contribution in [3.63, 3.8) is 0 Å². The van der Waals surface area contributed by atoms with Gasteiger partial charge in [-0.2, -0.15) is 9.61 Å². The van der Waals surface area contributed by atoms with Crippen LogP contribution in [0.25, 0.3) is 16.6 Å². The van der Waals surface area contributed by atoms with Gasteiger partial charge in [-0.15, -0.1) is 0 Å². The van der Waals surface area contributed by atoms with Crippen molar-refractivity contribution in [2.45, 2.75) is 6.92 Å². The zero-order chi connectivity index (χ0) is 15.8. The van der Waals surface area contributed by atoms with Crippen LogP contribution in [0.2, 0.25) is 0 Å². The quantitative estimate of drug-likeness (QED) is 0.609. The molecule has 0 bridgehead atoms. The molecule has 0 saturated carbocycles. The van der Waals surface area contributed by atoms with Gasteiger partial charge < -0.3 is 4.98 Å². The summed E-state index contributed by atoms with van der Waals surface area (Å²) in [6.07, 6.45) is 1.29. The van der Waals surface area contributed by atoms with Gasteiger partial charge in [0.2, 0.25) is 0 Å². The van der Waals surface area contributed by atoms with Gasteiger partial charge in [0.15, 0.2) is 5.65 Å². The summed E-state index contributed by atoms with van der Waals surface area (Å²) in [6.45, 7) is 1.66. The molecule has 1 aromatic carbocycles. The van der Waals surface area contributed by atoms with Crippen molar-refractivity contribution >= 4 is 55.5 Å². The van der Waals surface area contributed by atoms with Crippen LogP contribution in [-0.2, 0) is 4.57 Å². The van der Waals surface area contributed by atoms with Gasteiger partial charge in [-0.1, -0.05) is 0 Å². The van der Waals surface area contributed by atoms with E-state index in [9.17, 15) is 13.8 Å². The molecular weight excluding hydrogens is 364 g/mol. The number of aryl methyl sites for hydroxylation is 1. The number of benzene rings is 1. The number of nitrogens with one attached hydrogen (secondary N) is 1. The summed E-state index contributed by atoms with van der Waals surface area (Å²) in [4.78, 5) is 18.1. The summed E-state index contributed by atoms with van der Waals surface area (Å²) >= 11 is 13.8. The molecule has 3 aromatic rings. The highest BCUT2D eigenvalue weighted by Gasteiger charge is 2.09. The molecule has 2 aromatic heterocycles. The lowest BCUT2D eigenvalue weighted by molar-refractivity contribution is 0.600. The second-order valence-electron chi connectivity index (χ2n) is 3.97. The van der Waals surface area contributed by atoms with Gasteiger partial charge in [0.05, 0.1) is 5.52 Å². The normalized spacial score (nSPS) is 11.5. The van der Waals surface area contributed by atoms with Gasteiger partial charge in [-0.25, -0.2) is 14.2 Å².